The summed E-state index contributed by atoms with van der Waals surface area (Å²) in [5.74, 6) is -1.55. The van der Waals surface area contributed by atoms with E-state index in [-0.39, 0.29) is 47.3 Å². The Morgan fingerprint density at radius 3 is 2.33 bits per heavy atom. The number of likely N-dealkylation sites (tertiary alicyclic amines) is 1. The summed E-state index contributed by atoms with van der Waals surface area (Å²) < 4.78 is 0. The summed E-state index contributed by atoms with van der Waals surface area (Å²) in [6, 6.07) is 6.65. The van der Waals surface area contributed by atoms with E-state index in [0.717, 1.165) is 16.2 Å². The summed E-state index contributed by atoms with van der Waals surface area (Å²) in [5, 5.41) is 11.3. The summed E-state index contributed by atoms with van der Waals surface area (Å²) in [5.41, 5.74) is 0.402. The Morgan fingerprint density at radius 2 is 1.77 bits per heavy atom. The SMILES string of the molecule is CC(C)(C)N1CC(C(=O)Nc2nnc(CN3C(=O)c4ccccc4C3=O)s2)CC1=O. The van der Waals surface area contributed by atoms with Gasteiger partial charge in [-0.15, -0.1) is 10.2 Å². The lowest BCUT2D eigenvalue weighted by atomic mass is 10.1. The number of fused-ring (bicyclic) bond motifs is 1. The van der Waals surface area contributed by atoms with Crippen LogP contribution in [-0.2, 0) is 16.1 Å². The fraction of sp³-hybridized carbons (Fsp3) is 0.400. The van der Waals surface area contributed by atoms with Gasteiger partial charge in [0.2, 0.25) is 16.9 Å². The third-order valence-electron chi connectivity index (χ3n) is 5.17. The molecule has 3 heterocycles. The van der Waals surface area contributed by atoms with Crippen LogP contribution in [-0.4, -0.2) is 55.7 Å². The quantitative estimate of drug-likeness (QED) is 0.746. The molecular formula is C20H21N5O4S. The van der Waals surface area contributed by atoms with E-state index in [1.807, 2.05) is 20.8 Å². The standard InChI is InChI=1S/C20H21N5O4S/c1-20(2,3)25-9-11(8-15(25)26)16(27)21-19-23-22-14(30-19)10-24-17(28)12-6-4-5-7-13(12)18(24)29/h4-7,11H,8-10H2,1-3H3,(H,21,23,27). The average molecular weight is 427 g/mol. The second kappa shape index (κ2) is 7.28. The lowest BCUT2D eigenvalue weighted by Crippen LogP contribution is -2.42. The molecule has 1 fully saturated rings. The predicted octanol–water partition coefficient (Wildman–Crippen LogP) is 1.92. The van der Waals surface area contributed by atoms with Gasteiger partial charge in [-0.25, -0.2) is 0 Å². The maximum Gasteiger partial charge on any atom is 0.261 e. The molecule has 0 radical (unpaired) electrons. The van der Waals surface area contributed by atoms with Crippen molar-refractivity contribution >= 4 is 40.1 Å². The number of amides is 4. The first kappa shape index (κ1) is 20.1. The molecule has 1 N–H and O–H groups in total. The lowest BCUT2D eigenvalue weighted by Gasteiger charge is -2.31. The molecule has 9 nitrogen and oxygen atoms in total. The monoisotopic (exact) mass is 427 g/mol. The first-order valence-corrected chi connectivity index (χ1v) is 10.4. The van der Waals surface area contributed by atoms with Crippen molar-refractivity contribution in [2.45, 2.75) is 39.3 Å². The van der Waals surface area contributed by atoms with Crippen molar-refractivity contribution in [3.8, 4) is 0 Å². The molecule has 0 bridgehead atoms. The number of benzene rings is 1. The Morgan fingerprint density at radius 1 is 1.13 bits per heavy atom. The van der Waals surface area contributed by atoms with Crippen LogP contribution in [0.2, 0.25) is 0 Å². The Balaban J connectivity index is 1.40. The first-order chi connectivity index (χ1) is 14.1. The number of carbonyl (C=O) groups is 4. The second-order valence-electron chi connectivity index (χ2n) is 8.31. The van der Waals surface area contributed by atoms with Crippen LogP contribution in [0.5, 0.6) is 0 Å². The van der Waals surface area contributed by atoms with E-state index < -0.39 is 5.92 Å². The van der Waals surface area contributed by atoms with Gasteiger partial charge in [-0.05, 0) is 32.9 Å². The van der Waals surface area contributed by atoms with E-state index in [9.17, 15) is 19.2 Å². The Labute approximate surface area is 177 Å². The highest BCUT2D eigenvalue weighted by Gasteiger charge is 2.40. The highest BCUT2D eigenvalue weighted by Crippen LogP contribution is 2.28. The van der Waals surface area contributed by atoms with Gasteiger partial charge < -0.3 is 10.2 Å². The summed E-state index contributed by atoms with van der Waals surface area (Å²) >= 11 is 1.10. The van der Waals surface area contributed by atoms with Crippen molar-refractivity contribution in [2.75, 3.05) is 11.9 Å². The van der Waals surface area contributed by atoms with Crippen molar-refractivity contribution in [3.63, 3.8) is 0 Å². The van der Waals surface area contributed by atoms with Crippen LogP contribution in [0.25, 0.3) is 0 Å². The van der Waals surface area contributed by atoms with Crippen LogP contribution in [0, 0.1) is 5.92 Å². The number of aromatic nitrogens is 2. The molecule has 30 heavy (non-hydrogen) atoms. The van der Waals surface area contributed by atoms with Crippen molar-refractivity contribution in [1.29, 1.82) is 0 Å². The molecule has 0 saturated carbocycles. The normalized spacial score (nSPS) is 18.9. The highest BCUT2D eigenvalue weighted by atomic mass is 32.1. The zero-order valence-corrected chi connectivity index (χ0v) is 17.7. The molecule has 1 saturated heterocycles. The fourth-order valence-corrected chi connectivity index (χ4v) is 4.36. The number of hydrogen-bond acceptors (Lipinski definition) is 7. The minimum Gasteiger partial charge on any atom is -0.337 e. The van der Waals surface area contributed by atoms with Gasteiger partial charge in [0.05, 0.1) is 23.6 Å². The summed E-state index contributed by atoms with van der Waals surface area (Å²) in [7, 11) is 0. The number of nitrogens with one attached hydrogen (secondary N) is 1. The number of hydrogen-bond donors (Lipinski definition) is 1. The van der Waals surface area contributed by atoms with Crippen LogP contribution in [0.15, 0.2) is 24.3 Å². The Kier molecular flexibility index (Phi) is 4.89. The van der Waals surface area contributed by atoms with Crippen LogP contribution < -0.4 is 5.32 Å². The third kappa shape index (κ3) is 3.58. The zero-order chi connectivity index (χ0) is 21.6. The minimum absolute atomic E-state index is 0.0143. The topological polar surface area (TPSA) is 113 Å². The van der Waals surface area contributed by atoms with Crippen LogP contribution in [0.1, 0.15) is 52.9 Å². The van der Waals surface area contributed by atoms with Gasteiger partial charge in [0.15, 0.2) is 0 Å². The molecule has 2 aliphatic heterocycles. The average Bonchev–Trinajstić information content (AvgIpc) is 3.36. The summed E-state index contributed by atoms with van der Waals surface area (Å²) in [6.07, 6.45) is 0.157. The molecule has 156 valence electrons. The molecule has 1 atom stereocenters. The molecule has 4 amide bonds. The molecule has 1 aromatic carbocycles. The number of imide groups is 1. The maximum absolute atomic E-state index is 12.6. The number of carbonyl (C=O) groups excluding carboxylic acids is 4. The van der Waals surface area contributed by atoms with Crippen molar-refractivity contribution in [2.24, 2.45) is 5.92 Å². The largest absolute Gasteiger partial charge is 0.337 e. The zero-order valence-electron chi connectivity index (χ0n) is 16.8. The number of nitrogens with zero attached hydrogens (tertiary/aromatic N) is 4. The predicted molar refractivity (Wildman–Crippen MR) is 109 cm³/mol. The number of rotatable bonds is 4. The smallest absolute Gasteiger partial charge is 0.261 e. The van der Waals surface area contributed by atoms with Crippen LogP contribution in [0.3, 0.4) is 0 Å². The Bertz CT molecular complexity index is 1020. The maximum atomic E-state index is 12.6. The minimum atomic E-state index is -0.458. The Hall–Kier alpha value is -3.14. The van der Waals surface area contributed by atoms with Crippen molar-refractivity contribution in [3.05, 3.63) is 40.4 Å². The van der Waals surface area contributed by atoms with Gasteiger partial charge in [-0.3, -0.25) is 24.1 Å². The molecule has 1 aromatic heterocycles. The fourth-order valence-electron chi connectivity index (χ4n) is 3.62. The van der Waals surface area contributed by atoms with Gasteiger partial charge in [-0.1, -0.05) is 23.5 Å². The van der Waals surface area contributed by atoms with E-state index >= 15 is 0 Å². The molecule has 2 aliphatic rings. The van der Waals surface area contributed by atoms with E-state index in [1.165, 1.54) is 0 Å². The van der Waals surface area contributed by atoms with E-state index in [2.05, 4.69) is 15.5 Å². The summed E-state index contributed by atoms with van der Waals surface area (Å²) in [6.45, 7) is 6.14. The van der Waals surface area contributed by atoms with Gasteiger partial charge in [0.1, 0.15) is 5.01 Å². The van der Waals surface area contributed by atoms with Crippen LogP contribution in [0.4, 0.5) is 5.13 Å². The van der Waals surface area contributed by atoms with Gasteiger partial charge in [0.25, 0.3) is 11.8 Å². The van der Waals surface area contributed by atoms with Gasteiger partial charge in [0, 0.05) is 18.5 Å². The van der Waals surface area contributed by atoms with Gasteiger partial charge in [-0.2, -0.15) is 0 Å². The molecule has 1 unspecified atom stereocenters. The van der Waals surface area contributed by atoms with Crippen LogP contribution >= 0.6 is 11.3 Å². The number of anilines is 1. The molecule has 0 aliphatic carbocycles. The molecule has 4 rings (SSSR count). The van der Waals surface area contributed by atoms with E-state index in [1.54, 1.807) is 29.2 Å². The van der Waals surface area contributed by atoms with E-state index in [0.29, 0.717) is 22.7 Å². The molecular weight excluding hydrogens is 406 g/mol. The second-order valence-corrected chi connectivity index (χ2v) is 9.37. The van der Waals surface area contributed by atoms with E-state index in [4.69, 9.17) is 0 Å². The van der Waals surface area contributed by atoms with Crippen molar-refractivity contribution in [1.82, 2.24) is 20.0 Å². The third-order valence-corrected chi connectivity index (χ3v) is 6.00. The highest BCUT2D eigenvalue weighted by molar-refractivity contribution is 7.15. The van der Waals surface area contributed by atoms with Crippen molar-refractivity contribution < 1.29 is 19.2 Å². The summed E-state index contributed by atoms with van der Waals surface area (Å²) in [4.78, 5) is 52.5. The lowest BCUT2D eigenvalue weighted by molar-refractivity contribution is -0.131. The first-order valence-electron chi connectivity index (χ1n) is 9.54. The molecule has 0 spiro atoms. The molecule has 2 aromatic rings. The molecule has 10 heteroatoms. The van der Waals surface area contributed by atoms with Gasteiger partial charge >= 0.3 is 0 Å².